The monoisotopic (exact) mass is 375 g/mol. The first-order chi connectivity index (χ1) is 12.5. The molecule has 2 aromatic carbocycles. The van der Waals surface area contributed by atoms with Crippen molar-refractivity contribution in [1.82, 2.24) is 0 Å². The minimum absolute atomic E-state index is 0.0260. The minimum atomic E-state index is -0.482. The Labute approximate surface area is 158 Å². The molecule has 0 aliphatic carbocycles. The summed E-state index contributed by atoms with van der Waals surface area (Å²) in [6, 6.07) is 12.2. The standard InChI is InChI=1S/C20H23ClFN3O/c1-14-8-10-25(11-9-14)17-5-2-15(3-6-17)24-20(26)13-23-16-4-7-19(22)18(21)12-16/h2-7,12,14,23H,8-11,13H2,1H3,(H,24,26). The lowest BCUT2D eigenvalue weighted by Gasteiger charge is -2.32. The zero-order valence-corrected chi connectivity index (χ0v) is 15.5. The summed E-state index contributed by atoms with van der Waals surface area (Å²) < 4.78 is 13.1. The summed E-state index contributed by atoms with van der Waals surface area (Å²) in [6.45, 7) is 4.53. The van der Waals surface area contributed by atoms with E-state index >= 15 is 0 Å². The fourth-order valence-electron chi connectivity index (χ4n) is 3.02. The van der Waals surface area contributed by atoms with E-state index in [0.29, 0.717) is 5.69 Å². The molecule has 2 N–H and O–H groups in total. The Bertz CT molecular complexity index is 758. The van der Waals surface area contributed by atoms with Gasteiger partial charge in [0.25, 0.3) is 0 Å². The summed E-state index contributed by atoms with van der Waals surface area (Å²) in [4.78, 5) is 14.4. The first-order valence-corrected chi connectivity index (χ1v) is 9.23. The number of carbonyl (C=O) groups excluding carboxylic acids is 1. The molecule has 0 unspecified atom stereocenters. The van der Waals surface area contributed by atoms with E-state index in [9.17, 15) is 9.18 Å². The first kappa shape index (κ1) is 18.5. The van der Waals surface area contributed by atoms with Crippen molar-refractivity contribution in [3.63, 3.8) is 0 Å². The number of hydrogen-bond acceptors (Lipinski definition) is 3. The number of rotatable bonds is 5. The van der Waals surface area contributed by atoms with Gasteiger partial charge in [0.15, 0.2) is 0 Å². The van der Waals surface area contributed by atoms with Crippen LogP contribution in [-0.2, 0) is 4.79 Å². The molecule has 6 heteroatoms. The maximum Gasteiger partial charge on any atom is 0.243 e. The van der Waals surface area contributed by atoms with Crippen molar-refractivity contribution in [3.05, 3.63) is 53.3 Å². The summed E-state index contributed by atoms with van der Waals surface area (Å²) in [5.74, 6) is 0.142. The van der Waals surface area contributed by atoms with Gasteiger partial charge in [-0.1, -0.05) is 18.5 Å². The smallest absolute Gasteiger partial charge is 0.243 e. The first-order valence-electron chi connectivity index (χ1n) is 8.85. The molecule has 0 bridgehead atoms. The second kappa shape index (κ2) is 8.41. The SMILES string of the molecule is CC1CCN(c2ccc(NC(=O)CNc3ccc(F)c(Cl)c3)cc2)CC1. The Morgan fingerprint density at radius 1 is 1.15 bits per heavy atom. The molecule has 1 heterocycles. The Balaban J connectivity index is 1.50. The number of benzene rings is 2. The minimum Gasteiger partial charge on any atom is -0.376 e. The van der Waals surface area contributed by atoms with Crippen molar-refractivity contribution in [2.24, 2.45) is 5.92 Å². The fraction of sp³-hybridized carbons (Fsp3) is 0.350. The summed E-state index contributed by atoms with van der Waals surface area (Å²) >= 11 is 5.73. The van der Waals surface area contributed by atoms with Crippen LogP contribution in [0, 0.1) is 11.7 Å². The van der Waals surface area contributed by atoms with Crippen molar-refractivity contribution in [3.8, 4) is 0 Å². The van der Waals surface area contributed by atoms with Crippen molar-refractivity contribution in [1.29, 1.82) is 0 Å². The van der Waals surface area contributed by atoms with E-state index < -0.39 is 5.82 Å². The lowest BCUT2D eigenvalue weighted by Crippen LogP contribution is -2.32. The summed E-state index contributed by atoms with van der Waals surface area (Å²) in [6.07, 6.45) is 2.44. The highest BCUT2D eigenvalue weighted by molar-refractivity contribution is 6.31. The van der Waals surface area contributed by atoms with E-state index in [1.54, 1.807) is 6.07 Å². The highest BCUT2D eigenvalue weighted by Gasteiger charge is 2.15. The predicted octanol–water partition coefficient (Wildman–Crippen LogP) is 4.77. The van der Waals surface area contributed by atoms with Crippen molar-refractivity contribution < 1.29 is 9.18 Å². The Kier molecular flexibility index (Phi) is 5.99. The third-order valence-corrected chi connectivity index (χ3v) is 4.96. The Morgan fingerprint density at radius 2 is 1.81 bits per heavy atom. The van der Waals surface area contributed by atoms with Gasteiger partial charge in [-0.3, -0.25) is 4.79 Å². The van der Waals surface area contributed by atoms with Gasteiger partial charge in [0.2, 0.25) is 5.91 Å². The lowest BCUT2D eigenvalue weighted by atomic mass is 9.99. The molecular formula is C20H23ClFN3O. The highest BCUT2D eigenvalue weighted by Crippen LogP contribution is 2.24. The highest BCUT2D eigenvalue weighted by atomic mass is 35.5. The number of nitrogens with zero attached hydrogens (tertiary/aromatic N) is 1. The molecule has 0 radical (unpaired) electrons. The summed E-state index contributed by atoms with van der Waals surface area (Å²) in [5.41, 5.74) is 2.54. The molecule has 4 nitrogen and oxygen atoms in total. The number of carbonyl (C=O) groups is 1. The van der Waals surface area contributed by atoms with Gasteiger partial charge in [-0.05, 0) is 61.2 Å². The van der Waals surface area contributed by atoms with Crippen LogP contribution in [-0.4, -0.2) is 25.5 Å². The molecular weight excluding hydrogens is 353 g/mol. The van der Waals surface area contributed by atoms with Crippen LogP contribution < -0.4 is 15.5 Å². The zero-order valence-electron chi connectivity index (χ0n) is 14.8. The average Bonchev–Trinajstić information content (AvgIpc) is 2.64. The van der Waals surface area contributed by atoms with Crippen LogP contribution in [0.2, 0.25) is 5.02 Å². The number of hydrogen-bond donors (Lipinski definition) is 2. The van der Waals surface area contributed by atoms with E-state index in [-0.39, 0.29) is 17.5 Å². The van der Waals surface area contributed by atoms with Gasteiger partial charge in [-0.15, -0.1) is 0 Å². The predicted molar refractivity (Wildman–Crippen MR) is 106 cm³/mol. The third kappa shape index (κ3) is 4.88. The summed E-state index contributed by atoms with van der Waals surface area (Å²) in [7, 11) is 0. The van der Waals surface area contributed by atoms with Crippen LogP contribution in [0.25, 0.3) is 0 Å². The van der Waals surface area contributed by atoms with Gasteiger partial charge in [0, 0.05) is 30.2 Å². The Morgan fingerprint density at radius 3 is 2.46 bits per heavy atom. The van der Waals surface area contributed by atoms with Crippen LogP contribution >= 0.6 is 11.6 Å². The molecule has 1 amide bonds. The van der Waals surface area contributed by atoms with Crippen LogP contribution in [0.3, 0.4) is 0 Å². The maximum atomic E-state index is 13.1. The zero-order chi connectivity index (χ0) is 18.5. The number of halogens is 2. The molecule has 0 atom stereocenters. The van der Waals surface area contributed by atoms with Gasteiger partial charge in [-0.2, -0.15) is 0 Å². The second-order valence-electron chi connectivity index (χ2n) is 6.75. The van der Waals surface area contributed by atoms with E-state index in [1.165, 1.54) is 30.7 Å². The largest absolute Gasteiger partial charge is 0.376 e. The molecule has 3 rings (SSSR count). The van der Waals surface area contributed by atoms with Gasteiger partial charge >= 0.3 is 0 Å². The van der Waals surface area contributed by atoms with Gasteiger partial charge in [0.1, 0.15) is 5.82 Å². The van der Waals surface area contributed by atoms with Gasteiger partial charge < -0.3 is 15.5 Å². The summed E-state index contributed by atoms with van der Waals surface area (Å²) in [5, 5.41) is 5.80. The number of amides is 1. The quantitative estimate of drug-likeness (QED) is 0.791. The number of piperidine rings is 1. The third-order valence-electron chi connectivity index (χ3n) is 4.67. The van der Waals surface area contributed by atoms with E-state index in [2.05, 4.69) is 22.5 Å². The molecule has 1 saturated heterocycles. The molecule has 2 aromatic rings. The van der Waals surface area contributed by atoms with E-state index in [4.69, 9.17) is 11.6 Å². The van der Waals surface area contributed by atoms with Crippen LogP contribution in [0.15, 0.2) is 42.5 Å². The molecule has 0 aromatic heterocycles. The molecule has 138 valence electrons. The Hall–Kier alpha value is -2.27. The van der Waals surface area contributed by atoms with E-state index in [1.807, 2.05) is 24.3 Å². The number of nitrogens with one attached hydrogen (secondary N) is 2. The molecule has 1 fully saturated rings. The maximum absolute atomic E-state index is 13.1. The van der Waals surface area contributed by atoms with Crippen molar-refractivity contribution >= 4 is 34.6 Å². The van der Waals surface area contributed by atoms with Crippen molar-refractivity contribution in [2.45, 2.75) is 19.8 Å². The molecule has 1 aliphatic rings. The topological polar surface area (TPSA) is 44.4 Å². The molecule has 26 heavy (non-hydrogen) atoms. The molecule has 0 spiro atoms. The lowest BCUT2D eigenvalue weighted by molar-refractivity contribution is -0.114. The molecule has 1 aliphatic heterocycles. The van der Waals surface area contributed by atoms with E-state index in [0.717, 1.165) is 24.7 Å². The van der Waals surface area contributed by atoms with Gasteiger partial charge in [0.05, 0.1) is 11.6 Å². The fourth-order valence-corrected chi connectivity index (χ4v) is 3.20. The van der Waals surface area contributed by atoms with Crippen LogP contribution in [0.5, 0.6) is 0 Å². The number of anilines is 3. The van der Waals surface area contributed by atoms with Gasteiger partial charge in [-0.25, -0.2) is 4.39 Å². The van der Waals surface area contributed by atoms with Crippen LogP contribution in [0.1, 0.15) is 19.8 Å². The normalized spacial score (nSPS) is 15.0. The van der Waals surface area contributed by atoms with Crippen molar-refractivity contribution in [2.75, 3.05) is 35.2 Å². The average molecular weight is 376 g/mol. The second-order valence-corrected chi connectivity index (χ2v) is 7.15. The molecule has 0 saturated carbocycles. The van der Waals surface area contributed by atoms with Crippen LogP contribution in [0.4, 0.5) is 21.5 Å².